The normalized spacial score (nSPS) is 14.4. The fourth-order valence-electron chi connectivity index (χ4n) is 1.20. The Bertz CT molecular complexity index is 295. The molecule has 0 bridgehead atoms. The van der Waals surface area contributed by atoms with Gasteiger partial charge in [0.25, 0.3) is 0 Å². The molecule has 14 heavy (non-hydrogen) atoms. The molecule has 0 aliphatic rings. The van der Waals surface area contributed by atoms with Crippen LogP contribution in [0, 0.1) is 6.92 Å². The topological polar surface area (TPSA) is 38.0 Å². The van der Waals surface area contributed by atoms with Gasteiger partial charge in [0.1, 0.15) is 0 Å². The molecule has 0 saturated carbocycles. The van der Waals surface area contributed by atoms with Crippen molar-refractivity contribution in [2.45, 2.75) is 25.6 Å². The van der Waals surface area contributed by atoms with E-state index in [1.54, 1.807) is 18.4 Å². The molecule has 0 aliphatic carbocycles. The van der Waals surface area contributed by atoms with E-state index in [1.807, 2.05) is 0 Å². The van der Waals surface area contributed by atoms with Gasteiger partial charge in [0.2, 0.25) is 0 Å². The lowest BCUT2D eigenvalue weighted by Gasteiger charge is -2.17. The van der Waals surface area contributed by atoms with Gasteiger partial charge in [-0.2, -0.15) is 13.2 Å². The Balaban J connectivity index is 2.78. The Kier molecular flexibility index (Phi) is 3.52. The quantitative estimate of drug-likeness (QED) is 0.611. The van der Waals surface area contributed by atoms with Gasteiger partial charge >= 0.3 is 6.18 Å². The van der Waals surface area contributed by atoms with Gasteiger partial charge in [-0.05, 0) is 23.9 Å². The molecule has 0 amide bonds. The number of alkyl halides is 3. The van der Waals surface area contributed by atoms with Gasteiger partial charge in [0, 0.05) is 4.88 Å². The third-order valence-electron chi connectivity index (χ3n) is 1.85. The molecule has 0 spiro atoms. The first-order chi connectivity index (χ1) is 6.44. The summed E-state index contributed by atoms with van der Waals surface area (Å²) in [6, 6.07) is 0.941. The van der Waals surface area contributed by atoms with Crippen molar-refractivity contribution in [2.24, 2.45) is 5.84 Å². The summed E-state index contributed by atoms with van der Waals surface area (Å²) < 4.78 is 36.4. The summed E-state index contributed by atoms with van der Waals surface area (Å²) in [5.41, 5.74) is 3.03. The second kappa shape index (κ2) is 4.29. The number of hydrazine groups is 1. The minimum absolute atomic E-state index is 0.643. The van der Waals surface area contributed by atoms with Crippen LogP contribution in [0.2, 0.25) is 0 Å². The van der Waals surface area contributed by atoms with Gasteiger partial charge in [-0.3, -0.25) is 11.3 Å². The molecule has 1 heterocycles. The highest BCUT2D eigenvalue weighted by atomic mass is 32.1. The monoisotopic (exact) mass is 224 g/mol. The van der Waals surface area contributed by atoms with Crippen LogP contribution >= 0.6 is 11.3 Å². The highest BCUT2D eigenvalue weighted by Gasteiger charge is 2.33. The van der Waals surface area contributed by atoms with Crippen LogP contribution < -0.4 is 11.3 Å². The number of halogens is 3. The summed E-state index contributed by atoms with van der Waals surface area (Å²) in [4.78, 5) is 0.643. The smallest absolute Gasteiger partial charge is 0.271 e. The molecule has 1 aromatic rings. The van der Waals surface area contributed by atoms with Gasteiger partial charge < -0.3 is 0 Å². The van der Waals surface area contributed by atoms with E-state index in [4.69, 9.17) is 5.84 Å². The predicted molar refractivity (Wildman–Crippen MR) is 49.8 cm³/mol. The number of thiophene rings is 1. The number of aryl methyl sites for hydroxylation is 1. The molecule has 0 aromatic carbocycles. The average molecular weight is 224 g/mol. The van der Waals surface area contributed by atoms with E-state index in [0.29, 0.717) is 4.88 Å². The van der Waals surface area contributed by atoms with Crippen molar-refractivity contribution in [2.75, 3.05) is 0 Å². The maximum Gasteiger partial charge on any atom is 0.391 e. The zero-order valence-electron chi connectivity index (χ0n) is 7.56. The molecule has 80 valence electrons. The maximum atomic E-state index is 12.1. The van der Waals surface area contributed by atoms with Crippen molar-refractivity contribution in [3.63, 3.8) is 0 Å². The van der Waals surface area contributed by atoms with Crippen molar-refractivity contribution in [1.29, 1.82) is 0 Å². The molecule has 1 unspecified atom stereocenters. The lowest BCUT2D eigenvalue weighted by Crippen LogP contribution is -2.31. The summed E-state index contributed by atoms with van der Waals surface area (Å²) in [5, 5.41) is 1.76. The van der Waals surface area contributed by atoms with Crippen LogP contribution in [0.25, 0.3) is 0 Å². The van der Waals surface area contributed by atoms with Gasteiger partial charge in [-0.1, -0.05) is 0 Å². The Morgan fingerprint density at radius 3 is 2.57 bits per heavy atom. The van der Waals surface area contributed by atoms with Crippen LogP contribution in [0.15, 0.2) is 11.4 Å². The summed E-state index contributed by atoms with van der Waals surface area (Å²) in [6.07, 6.45) is -5.14. The van der Waals surface area contributed by atoms with E-state index in [2.05, 4.69) is 5.43 Å². The minimum Gasteiger partial charge on any atom is -0.271 e. The summed E-state index contributed by atoms with van der Waals surface area (Å²) in [6.45, 7) is 1.77. The summed E-state index contributed by atoms with van der Waals surface area (Å²) in [7, 11) is 0. The minimum atomic E-state index is -4.20. The van der Waals surface area contributed by atoms with E-state index in [-0.39, 0.29) is 0 Å². The van der Waals surface area contributed by atoms with Crippen LogP contribution in [-0.2, 0) is 0 Å². The van der Waals surface area contributed by atoms with Crippen molar-refractivity contribution in [3.8, 4) is 0 Å². The third kappa shape index (κ3) is 2.97. The van der Waals surface area contributed by atoms with E-state index >= 15 is 0 Å². The van der Waals surface area contributed by atoms with Gasteiger partial charge in [0.15, 0.2) is 0 Å². The first-order valence-electron chi connectivity index (χ1n) is 4.01. The second-order valence-corrected chi connectivity index (χ2v) is 3.95. The number of hydrogen-bond donors (Lipinski definition) is 2. The zero-order chi connectivity index (χ0) is 10.8. The highest BCUT2D eigenvalue weighted by molar-refractivity contribution is 7.10. The standard InChI is InChI=1S/C8H11F3N2S/c1-5-2-3-14-7(5)6(13-12)4-8(9,10)11/h2-3,6,13H,4,12H2,1H3. The van der Waals surface area contributed by atoms with Crippen LogP contribution in [0.5, 0.6) is 0 Å². The summed E-state index contributed by atoms with van der Waals surface area (Å²) in [5.74, 6) is 5.10. The molecule has 2 nitrogen and oxygen atoms in total. The SMILES string of the molecule is Cc1ccsc1C(CC(F)(F)F)NN. The largest absolute Gasteiger partial charge is 0.391 e. The molecule has 0 aliphatic heterocycles. The molecule has 6 heteroatoms. The van der Waals surface area contributed by atoms with Crippen LogP contribution in [0.3, 0.4) is 0 Å². The fourth-order valence-corrected chi connectivity index (χ4v) is 2.19. The molecular formula is C8H11F3N2S. The molecule has 0 radical (unpaired) electrons. The van der Waals surface area contributed by atoms with Crippen molar-refractivity contribution in [3.05, 3.63) is 21.9 Å². The van der Waals surface area contributed by atoms with Crippen LogP contribution in [-0.4, -0.2) is 6.18 Å². The van der Waals surface area contributed by atoms with Crippen molar-refractivity contribution < 1.29 is 13.2 Å². The summed E-state index contributed by atoms with van der Waals surface area (Å²) >= 11 is 1.28. The predicted octanol–water partition coefficient (Wildman–Crippen LogP) is 2.51. The highest BCUT2D eigenvalue weighted by Crippen LogP contribution is 2.32. The Hall–Kier alpha value is -0.590. The van der Waals surface area contributed by atoms with E-state index in [1.165, 1.54) is 11.3 Å². The molecule has 1 atom stereocenters. The van der Waals surface area contributed by atoms with Crippen LogP contribution in [0.1, 0.15) is 22.9 Å². The molecule has 3 N–H and O–H groups in total. The lowest BCUT2D eigenvalue weighted by molar-refractivity contribution is -0.140. The molecule has 1 rings (SSSR count). The number of nitrogens with two attached hydrogens (primary N) is 1. The zero-order valence-corrected chi connectivity index (χ0v) is 8.38. The lowest BCUT2D eigenvalue weighted by atomic mass is 10.1. The first-order valence-corrected chi connectivity index (χ1v) is 4.89. The van der Waals surface area contributed by atoms with Crippen molar-refractivity contribution in [1.82, 2.24) is 5.43 Å². The van der Waals surface area contributed by atoms with Crippen molar-refractivity contribution >= 4 is 11.3 Å². The first kappa shape index (κ1) is 11.5. The third-order valence-corrected chi connectivity index (χ3v) is 2.99. The van der Waals surface area contributed by atoms with E-state index < -0.39 is 18.6 Å². The van der Waals surface area contributed by atoms with Crippen LogP contribution in [0.4, 0.5) is 13.2 Å². The molecule has 0 saturated heterocycles. The molecular weight excluding hydrogens is 213 g/mol. The van der Waals surface area contributed by atoms with Gasteiger partial charge in [-0.25, -0.2) is 0 Å². The number of nitrogens with one attached hydrogen (secondary N) is 1. The number of hydrogen-bond acceptors (Lipinski definition) is 3. The van der Waals surface area contributed by atoms with E-state index in [0.717, 1.165) is 5.56 Å². The van der Waals surface area contributed by atoms with Gasteiger partial charge in [-0.15, -0.1) is 11.3 Å². The van der Waals surface area contributed by atoms with E-state index in [9.17, 15) is 13.2 Å². The Morgan fingerprint density at radius 1 is 1.57 bits per heavy atom. The molecule has 1 aromatic heterocycles. The molecule has 0 fully saturated rings. The Morgan fingerprint density at radius 2 is 2.21 bits per heavy atom. The fraction of sp³-hybridized carbons (Fsp3) is 0.500. The maximum absolute atomic E-state index is 12.1. The number of rotatable bonds is 3. The Labute approximate surface area is 83.9 Å². The average Bonchev–Trinajstić information content (AvgIpc) is 2.45. The second-order valence-electron chi connectivity index (χ2n) is 3.01. The van der Waals surface area contributed by atoms with Gasteiger partial charge in [0.05, 0.1) is 12.5 Å².